The molecule has 11 heavy (non-hydrogen) atoms. The van der Waals surface area contributed by atoms with Gasteiger partial charge in [0.25, 0.3) is 0 Å². The Morgan fingerprint density at radius 1 is 1.55 bits per heavy atom. The predicted octanol–water partition coefficient (Wildman–Crippen LogP) is 0.955. The minimum atomic E-state index is 0.0228. The van der Waals surface area contributed by atoms with E-state index in [1.54, 1.807) is 6.20 Å². The predicted molar refractivity (Wildman–Crippen MR) is 39.7 cm³/mol. The van der Waals surface area contributed by atoms with Gasteiger partial charge in [0.2, 0.25) is 0 Å². The third-order valence-electron chi connectivity index (χ3n) is 1.53. The monoisotopic (exact) mass is 149 g/mol. The zero-order chi connectivity index (χ0) is 7.68. The molecular formula is C8H7NO2. The Labute approximate surface area is 63.7 Å². The molecule has 0 bridgehead atoms. The van der Waals surface area contributed by atoms with Crippen molar-refractivity contribution < 1.29 is 9.53 Å². The van der Waals surface area contributed by atoms with E-state index in [0.717, 1.165) is 5.69 Å². The van der Waals surface area contributed by atoms with Gasteiger partial charge in [-0.05, 0) is 12.1 Å². The van der Waals surface area contributed by atoms with Gasteiger partial charge in [0.05, 0.1) is 5.69 Å². The van der Waals surface area contributed by atoms with Gasteiger partial charge in [0, 0.05) is 12.3 Å². The molecule has 1 aromatic rings. The summed E-state index contributed by atoms with van der Waals surface area (Å²) in [7, 11) is 0. The summed E-state index contributed by atoms with van der Waals surface area (Å²) in [5, 5.41) is 0. The van der Waals surface area contributed by atoms with E-state index in [1.807, 2.05) is 12.1 Å². The Bertz CT molecular complexity index is 298. The number of hydrogen-bond acceptors (Lipinski definition) is 2. The highest BCUT2D eigenvalue weighted by Gasteiger charge is 2.14. The van der Waals surface area contributed by atoms with Crippen LogP contribution in [-0.2, 0) is 9.53 Å². The van der Waals surface area contributed by atoms with E-state index in [4.69, 9.17) is 4.74 Å². The van der Waals surface area contributed by atoms with Crippen molar-refractivity contribution in [1.82, 2.24) is 4.98 Å². The number of rotatable bonds is 1. The third-order valence-corrected chi connectivity index (χ3v) is 1.53. The van der Waals surface area contributed by atoms with Crippen molar-refractivity contribution in [2.24, 2.45) is 0 Å². The Kier molecular flexibility index (Phi) is 1.28. The number of carbonyl (C=O) groups is 1. The first-order valence-electron chi connectivity index (χ1n) is 3.37. The lowest BCUT2D eigenvalue weighted by atomic mass is 10.3. The van der Waals surface area contributed by atoms with Crippen LogP contribution in [0.1, 0.15) is 5.69 Å². The largest absolute Gasteiger partial charge is 0.483 e. The van der Waals surface area contributed by atoms with E-state index in [2.05, 4.69) is 4.98 Å². The highest BCUT2D eigenvalue weighted by atomic mass is 16.5. The lowest BCUT2D eigenvalue weighted by Gasteiger charge is -1.97. The summed E-state index contributed by atoms with van der Waals surface area (Å²) in [5.74, 6) is 0.662. The summed E-state index contributed by atoms with van der Waals surface area (Å²) >= 11 is 0. The third kappa shape index (κ3) is 1.05. The molecule has 0 amide bonds. The zero-order valence-electron chi connectivity index (χ0n) is 5.83. The molecule has 3 heteroatoms. The maximum Gasteiger partial charge on any atom is 0.196 e. The van der Waals surface area contributed by atoms with Crippen LogP contribution in [0, 0.1) is 0 Å². The van der Waals surface area contributed by atoms with Gasteiger partial charge in [0.15, 0.2) is 12.4 Å². The van der Waals surface area contributed by atoms with Crippen molar-refractivity contribution >= 4 is 11.5 Å². The molecule has 0 aliphatic carbocycles. The van der Waals surface area contributed by atoms with Gasteiger partial charge in [-0.1, -0.05) is 0 Å². The Morgan fingerprint density at radius 2 is 2.45 bits per heavy atom. The van der Waals surface area contributed by atoms with Crippen LogP contribution in [0.5, 0.6) is 0 Å². The van der Waals surface area contributed by atoms with Gasteiger partial charge in [-0.15, -0.1) is 0 Å². The van der Waals surface area contributed by atoms with Crippen molar-refractivity contribution in [2.75, 3.05) is 6.61 Å². The van der Waals surface area contributed by atoms with Crippen molar-refractivity contribution in [3.05, 3.63) is 30.1 Å². The molecular weight excluding hydrogens is 142 g/mol. The molecule has 1 aromatic heterocycles. The summed E-state index contributed by atoms with van der Waals surface area (Å²) < 4.78 is 5.09. The van der Waals surface area contributed by atoms with E-state index in [9.17, 15) is 4.79 Å². The number of hydrogen-bond donors (Lipinski definition) is 1. The van der Waals surface area contributed by atoms with Crippen LogP contribution >= 0.6 is 0 Å². The Hall–Kier alpha value is -1.51. The quantitative estimate of drug-likeness (QED) is 0.646. The summed E-state index contributed by atoms with van der Waals surface area (Å²) in [6, 6.07) is 3.73. The average Bonchev–Trinajstić information content (AvgIpc) is 2.55. The van der Waals surface area contributed by atoms with Gasteiger partial charge in [0.1, 0.15) is 5.76 Å². The summed E-state index contributed by atoms with van der Waals surface area (Å²) in [6.45, 7) is 0.175. The van der Waals surface area contributed by atoms with Crippen LogP contribution in [0.3, 0.4) is 0 Å². The molecule has 0 radical (unpaired) electrons. The first-order valence-corrected chi connectivity index (χ1v) is 3.37. The molecule has 56 valence electrons. The minimum absolute atomic E-state index is 0.0228. The number of aromatic amines is 1. The van der Waals surface area contributed by atoms with Crippen LogP contribution in [0.25, 0.3) is 5.76 Å². The highest BCUT2D eigenvalue weighted by Crippen LogP contribution is 2.17. The fourth-order valence-electron chi connectivity index (χ4n) is 1.02. The first-order chi connectivity index (χ1) is 5.36. The lowest BCUT2D eigenvalue weighted by molar-refractivity contribution is -0.115. The van der Waals surface area contributed by atoms with Crippen LogP contribution < -0.4 is 0 Å². The molecule has 1 aliphatic rings. The number of ether oxygens (including phenoxy) is 1. The molecule has 1 aliphatic heterocycles. The fraction of sp³-hybridized carbons (Fsp3) is 0.125. The molecule has 3 nitrogen and oxygen atoms in total. The lowest BCUT2D eigenvalue weighted by Crippen LogP contribution is -1.92. The maximum atomic E-state index is 10.7. The number of carbonyl (C=O) groups excluding carboxylic acids is 1. The molecule has 2 rings (SSSR count). The molecule has 0 spiro atoms. The van der Waals surface area contributed by atoms with E-state index in [1.165, 1.54) is 6.08 Å². The molecule has 2 heterocycles. The second-order valence-corrected chi connectivity index (χ2v) is 2.35. The van der Waals surface area contributed by atoms with Crippen LogP contribution in [0.15, 0.2) is 24.4 Å². The SMILES string of the molecule is O=C1C=C(c2ccc[nH]2)OC1. The van der Waals surface area contributed by atoms with Crippen molar-refractivity contribution in [3.63, 3.8) is 0 Å². The highest BCUT2D eigenvalue weighted by molar-refractivity contribution is 5.99. The summed E-state index contributed by atoms with van der Waals surface area (Å²) in [5.41, 5.74) is 0.857. The second kappa shape index (κ2) is 2.27. The number of H-pyrrole nitrogens is 1. The van der Waals surface area contributed by atoms with Crippen LogP contribution in [0.2, 0.25) is 0 Å². The zero-order valence-corrected chi connectivity index (χ0v) is 5.83. The molecule has 0 atom stereocenters. The smallest absolute Gasteiger partial charge is 0.196 e. The molecule has 0 fully saturated rings. The van der Waals surface area contributed by atoms with E-state index >= 15 is 0 Å². The van der Waals surface area contributed by atoms with Crippen molar-refractivity contribution in [3.8, 4) is 0 Å². The molecule has 1 N–H and O–H groups in total. The van der Waals surface area contributed by atoms with Crippen molar-refractivity contribution in [2.45, 2.75) is 0 Å². The number of aromatic nitrogens is 1. The summed E-state index contributed by atoms with van der Waals surface area (Å²) in [6.07, 6.45) is 3.30. The molecule has 0 unspecified atom stereocenters. The van der Waals surface area contributed by atoms with Gasteiger partial charge in [-0.2, -0.15) is 0 Å². The standard InChI is InChI=1S/C8H7NO2/c10-6-4-8(11-5-6)7-2-1-3-9-7/h1-4,9H,5H2. The van der Waals surface area contributed by atoms with E-state index in [0.29, 0.717) is 5.76 Å². The molecule has 0 aromatic carbocycles. The number of ketones is 1. The average molecular weight is 149 g/mol. The van der Waals surface area contributed by atoms with Gasteiger partial charge in [-0.3, -0.25) is 4.79 Å². The van der Waals surface area contributed by atoms with Crippen LogP contribution in [0.4, 0.5) is 0 Å². The second-order valence-electron chi connectivity index (χ2n) is 2.35. The normalized spacial score (nSPS) is 16.4. The fourth-order valence-corrected chi connectivity index (χ4v) is 1.02. The van der Waals surface area contributed by atoms with Gasteiger partial charge >= 0.3 is 0 Å². The van der Waals surface area contributed by atoms with Gasteiger partial charge < -0.3 is 9.72 Å². The van der Waals surface area contributed by atoms with Crippen LogP contribution in [-0.4, -0.2) is 17.4 Å². The van der Waals surface area contributed by atoms with Crippen molar-refractivity contribution in [1.29, 1.82) is 0 Å². The minimum Gasteiger partial charge on any atom is -0.483 e. The Morgan fingerprint density at radius 3 is 3.00 bits per heavy atom. The number of nitrogens with one attached hydrogen (secondary N) is 1. The summed E-state index contributed by atoms with van der Waals surface area (Å²) in [4.78, 5) is 13.7. The molecule has 0 saturated heterocycles. The maximum absolute atomic E-state index is 10.7. The Balaban J connectivity index is 2.31. The topological polar surface area (TPSA) is 42.1 Å². The first kappa shape index (κ1) is 6.22. The molecule has 0 saturated carbocycles. The van der Waals surface area contributed by atoms with E-state index in [-0.39, 0.29) is 12.4 Å². The van der Waals surface area contributed by atoms with E-state index < -0.39 is 0 Å². The van der Waals surface area contributed by atoms with Gasteiger partial charge in [-0.25, -0.2) is 0 Å².